The van der Waals surface area contributed by atoms with Crippen molar-refractivity contribution < 1.29 is 14.3 Å². The Morgan fingerprint density at radius 3 is 2.45 bits per heavy atom. The molecule has 2 aliphatic heterocycles. The van der Waals surface area contributed by atoms with Gasteiger partial charge in [-0.3, -0.25) is 4.99 Å². The number of benzene rings is 1. The number of amides is 1. The lowest BCUT2D eigenvalue weighted by Gasteiger charge is -2.40. The lowest BCUT2D eigenvalue weighted by atomic mass is 10.1. The van der Waals surface area contributed by atoms with E-state index in [1.54, 1.807) is 11.9 Å². The van der Waals surface area contributed by atoms with E-state index in [4.69, 9.17) is 9.47 Å². The molecule has 160 valence electrons. The number of carbonyl (C=O) groups is 1. The molecule has 1 aromatic carbocycles. The number of aliphatic imine (C=N–C) groups is 1. The van der Waals surface area contributed by atoms with E-state index in [1.165, 1.54) is 11.3 Å². The van der Waals surface area contributed by atoms with Crippen LogP contribution in [0.3, 0.4) is 0 Å². The van der Waals surface area contributed by atoms with Crippen molar-refractivity contribution in [3.8, 4) is 0 Å². The molecule has 0 aromatic heterocycles. The molecule has 2 N–H and O–H groups in total. The predicted molar refractivity (Wildman–Crippen MR) is 114 cm³/mol. The first-order chi connectivity index (χ1) is 13.8. The number of ether oxygens (including phenoxy) is 2. The van der Waals surface area contributed by atoms with Crippen LogP contribution in [0.1, 0.15) is 26.3 Å². The molecule has 2 saturated heterocycles. The number of hydrogen-bond donors (Lipinski definition) is 2. The Morgan fingerprint density at radius 2 is 1.86 bits per heavy atom. The molecule has 1 amide bonds. The summed E-state index contributed by atoms with van der Waals surface area (Å²) < 4.78 is 10.8. The summed E-state index contributed by atoms with van der Waals surface area (Å²) in [6.07, 6.45) is -0.265. The fourth-order valence-electron chi connectivity index (χ4n) is 3.27. The van der Waals surface area contributed by atoms with Gasteiger partial charge in [-0.05, 0) is 38.5 Å². The van der Waals surface area contributed by atoms with Crippen molar-refractivity contribution in [2.24, 2.45) is 4.99 Å². The third-order valence-electron chi connectivity index (χ3n) is 4.87. The topological polar surface area (TPSA) is 78.4 Å². The smallest absolute Gasteiger partial charge is 0.410 e. The number of carbonyl (C=O) groups excluding carboxylic acids is 1. The molecule has 2 aliphatic rings. The molecule has 0 bridgehead atoms. The van der Waals surface area contributed by atoms with Crippen molar-refractivity contribution in [2.45, 2.75) is 39.0 Å². The van der Waals surface area contributed by atoms with Crippen LogP contribution in [0.5, 0.6) is 0 Å². The number of anilines is 1. The summed E-state index contributed by atoms with van der Waals surface area (Å²) in [6.45, 7) is 11.0. The second-order valence-corrected chi connectivity index (χ2v) is 8.42. The third-order valence-corrected chi connectivity index (χ3v) is 4.87. The maximum atomic E-state index is 12.0. The van der Waals surface area contributed by atoms with Gasteiger partial charge in [0, 0.05) is 45.5 Å². The van der Waals surface area contributed by atoms with Gasteiger partial charge in [-0.1, -0.05) is 12.1 Å². The minimum atomic E-state index is -0.468. The number of rotatable bonds is 4. The van der Waals surface area contributed by atoms with E-state index in [0.29, 0.717) is 19.6 Å². The van der Waals surface area contributed by atoms with Crippen LogP contribution in [0, 0.1) is 0 Å². The minimum absolute atomic E-state index is 0.178. The van der Waals surface area contributed by atoms with Gasteiger partial charge in [0.15, 0.2) is 5.96 Å². The SMILES string of the molecule is CN=C(NCc1ccc(N2CCOCC2)cc1)NC1CN(C(=O)OC(C)(C)C)C1. The molecule has 8 nitrogen and oxygen atoms in total. The molecule has 0 radical (unpaired) electrons. The highest BCUT2D eigenvalue weighted by molar-refractivity contribution is 5.80. The first-order valence-electron chi connectivity index (χ1n) is 10.2. The number of nitrogens with zero attached hydrogens (tertiary/aromatic N) is 3. The van der Waals surface area contributed by atoms with Gasteiger partial charge in [-0.2, -0.15) is 0 Å². The van der Waals surface area contributed by atoms with Gasteiger partial charge in [0.05, 0.1) is 19.3 Å². The summed E-state index contributed by atoms with van der Waals surface area (Å²) in [5, 5.41) is 6.69. The molecule has 0 spiro atoms. The fraction of sp³-hybridized carbons (Fsp3) is 0.619. The maximum Gasteiger partial charge on any atom is 0.410 e. The molecule has 0 unspecified atom stereocenters. The molecule has 0 aliphatic carbocycles. The Bertz CT molecular complexity index is 702. The van der Waals surface area contributed by atoms with Crippen molar-refractivity contribution in [1.82, 2.24) is 15.5 Å². The Kier molecular flexibility index (Phi) is 6.84. The normalized spacial score (nSPS) is 18.3. The Balaban J connectivity index is 1.40. The first kappa shape index (κ1) is 21.2. The van der Waals surface area contributed by atoms with Crippen molar-refractivity contribution in [3.05, 3.63) is 29.8 Å². The second-order valence-electron chi connectivity index (χ2n) is 8.42. The predicted octanol–water partition coefficient (Wildman–Crippen LogP) is 1.81. The maximum absolute atomic E-state index is 12.0. The summed E-state index contributed by atoms with van der Waals surface area (Å²) in [4.78, 5) is 20.3. The molecule has 29 heavy (non-hydrogen) atoms. The summed E-state index contributed by atoms with van der Waals surface area (Å²) in [5.41, 5.74) is 1.95. The molecule has 1 aromatic rings. The average molecular weight is 404 g/mol. The van der Waals surface area contributed by atoms with Crippen LogP contribution >= 0.6 is 0 Å². The summed E-state index contributed by atoms with van der Waals surface area (Å²) in [6, 6.07) is 8.77. The van der Waals surface area contributed by atoms with Crippen LogP contribution in [0.15, 0.2) is 29.3 Å². The van der Waals surface area contributed by atoms with Crippen molar-refractivity contribution >= 4 is 17.7 Å². The molecule has 0 saturated carbocycles. The van der Waals surface area contributed by atoms with Crippen LogP contribution in [-0.2, 0) is 16.0 Å². The lowest BCUT2D eigenvalue weighted by molar-refractivity contribution is 0.00701. The van der Waals surface area contributed by atoms with Gasteiger partial charge in [-0.25, -0.2) is 4.79 Å². The molecule has 3 rings (SSSR count). The number of hydrogen-bond acceptors (Lipinski definition) is 5. The van der Waals surface area contributed by atoms with Gasteiger partial charge in [0.1, 0.15) is 5.60 Å². The van der Waals surface area contributed by atoms with Crippen LogP contribution < -0.4 is 15.5 Å². The number of likely N-dealkylation sites (tertiary alicyclic amines) is 1. The molecule has 2 fully saturated rings. The average Bonchev–Trinajstić information content (AvgIpc) is 2.66. The zero-order chi connectivity index (χ0) is 20.9. The molecule has 0 atom stereocenters. The highest BCUT2D eigenvalue weighted by Crippen LogP contribution is 2.17. The molecular formula is C21H33N5O3. The van der Waals surface area contributed by atoms with E-state index in [9.17, 15) is 4.79 Å². The Hall–Kier alpha value is -2.48. The highest BCUT2D eigenvalue weighted by atomic mass is 16.6. The number of morpholine rings is 1. The van der Waals surface area contributed by atoms with Crippen molar-refractivity contribution in [1.29, 1.82) is 0 Å². The van der Waals surface area contributed by atoms with Gasteiger partial charge in [-0.15, -0.1) is 0 Å². The standard InChI is InChI=1S/C21H33N5O3/c1-21(2,3)29-20(27)26-14-17(15-26)24-19(22-4)23-13-16-5-7-18(8-6-16)25-9-11-28-12-10-25/h5-8,17H,9-15H2,1-4H3,(H2,22,23,24). The summed E-state index contributed by atoms with van der Waals surface area (Å²) in [5.74, 6) is 0.732. The zero-order valence-corrected chi connectivity index (χ0v) is 17.9. The third kappa shape index (κ3) is 6.25. The summed E-state index contributed by atoms with van der Waals surface area (Å²) in [7, 11) is 1.75. The lowest BCUT2D eigenvalue weighted by Crippen LogP contribution is -2.63. The van der Waals surface area contributed by atoms with Crippen LogP contribution in [0.4, 0.5) is 10.5 Å². The summed E-state index contributed by atoms with van der Waals surface area (Å²) >= 11 is 0. The van der Waals surface area contributed by atoms with Gasteiger partial charge in [0.2, 0.25) is 0 Å². The van der Waals surface area contributed by atoms with E-state index >= 15 is 0 Å². The van der Waals surface area contributed by atoms with Gasteiger partial charge < -0.3 is 29.9 Å². The minimum Gasteiger partial charge on any atom is -0.444 e. The quantitative estimate of drug-likeness (QED) is 0.590. The second kappa shape index (κ2) is 9.35. The molecule has 8 heteroatoms. The van der Waals surface area contributed by atoms with Crippen LogP contribution in [0.25, 0.3) is 0 Å². The van der Waals surface area contributed by atoms with Gasteiger partial charge in [0.25, 0.3) is 0 Å². The van der Waals surface area contributed by atoms with Crippen molar-refractivity contribution in [2.75, 3.05) is 51.3 Å². The van der Waals surface area contributed by atoms with E-state index < -0.39 is 5.60 Å². The van der Waals surface area contributed by atoms with Crippen molar-refractivity contribution in [3.63, 3.8) is 0 Å². The molecular weight excluding hydrogens is 370 g/mol. The zero-order valence-electron chi connectivity index (χ0n) is 17.9. The van der Waals surface area contributed by atoms with E-state index in [0.717, 1.165) is 32.3 Å². The largest absolute Gasteiger partial charge is 0.444 e. The highest BCUT2D eigenvalue weighted by Gasteiger charge is 2.34. The fourth-order valence-corrected chi connectivity index (χ4v) is 3.27. The van der Waals surface area contributed by atoms with Gasteiger partial charge >= 0.3 is 6.09 Å². The first-order valence-corrected chi connectivity index (χ1v) is 10.2. The molecule has 2 heterocycles. The Labute approximate surface area is 173 Å². The number of nitrogens with one attached hydrogen (secondary N) is 2. The van der Waals surface area contributed by atoms with E-state index in [-0.39, 0.29) is 12.1 Å². The van der Waals surface area contributed by atoms with Crippen LogP contribution in [0.2, 0.25) is 0 Å². The monoisotopic (exact) mass is 403 g/mol. The van der Waals surface area contributed by atoms with Crippen LogP contribution in [-0.4, -0.2) is 75.0 Å². The van der Waals surface area contributed by atoms with E-state index in [2.05, 4.69) is 44.8 Å². The Morgan fingerprint density at radius 1 is 1.21 bits per heavy atom. The number of guanidine groups is 1. The van der Waals surface area contributed by atoms with E-state index in [1.807, 2.05) is 20.8 Å².